The topological polar surface area (TPSA) is 189 Å². The van der Waals surface area contributed by atoms with Crippen molar-refractivity contribution in [3.63, 3.8) is 0 Å². The van der Waals surface area contributed by atoms with Crippen molar-refractivity contribution in [2.75, 3.05) is 56.7 Å². The van der Waals surface area contributed by atoms with Crippen molar-refractivity contribution in [3.05, 3.63) is 83.0 Å². The summed E-state index contributed by atoms with van der Waals surface area (Å²) in [6.07, 6.45) is 7.85. The van der Waals surface area contributed by atoms with E-state index in [-0.39, 0.29) is 53.3 Å². The molecule has 284 valence electrons. The number of hydrogen-bond acceptors (Lipinski definition) is 11. The number of ether oxygens (including phenoxy) is 1. The SMILES string of the molecule is CC[C@@H]1c2c(cnn2C2CN(Cc3cccc(C(=O)N4CCOCC4)n3)C2)-c2cccc(NC(/C=C(\N)NC(=O)C3CC3)=C(/N)C(=O)NC3CC3)c2N1C. The lowest BCUT2D eigenvalue weighted by atomic mass is 9.91. The van der Waals surface area contributed by atoms with Crippen molar-refractivity contribution < 1.29 is 19.1 Å². The van der Waals surface area contributed by atoms with E-state index in [1.165, 1.54) is 6.08 Å². The first kappa shape index (κ1) is 35.6. The molecule has 5 heterocycles. The van der Waals surface area contributed by atoms with E-state index >= 15 is 0 Å². The number of nitrogens with zero attached hydrogens (tertiary/aromatic N) is 6. The number of amides is 3. The monoisotopic (exact) mass is 735 g/mol. The van der Waals surface area contributed by atoms with Crippen molar-refractivity contribution in [1.29, 1.82) is 0 Å². The molecule has 2 saturated carbocycles. The van der Waals surface area contributed by atoms with Crippen LogP contribution in [-0.4, -0.2) is 94.8 Å². The Morgan fingerprint density at radius 3 is 2.48 bits per heavy atom. The lowest BCUT2D eigenvalue weighted by Crippen LogP contribution is -2.48. The Balaban J connectivity index is 1.02. The third-order valence-electron chi connectivity index (χ3n) is 10.9. The fraction of sp³-hybridized carbons (Fsp3) is 0.462. The zero-order valence-electron chi connectivity index (χ0n) is 30.9. The maximum absolute atomic E-state index is 13.2. The van der Waals surface area contributed by atoms with E-state index in [1.54, 1.807) is 11.0 Å². The van der Waals surface area contributed by atoms with E-state index < -0.39 is 0 Å². The molecule has 8 rings (SSSR count). The van der Waals surface area contributed by atoms with Crippen LogP contribution in [0.4, 0.5) is 11.4 Å². The van der Waals surface area contributed by atoms with Gasteiger partial charge in [0.15, 0.2) is 0 Å². The van der Waals surface area contributed by atoms with Gasteiger partial charge in [0.25, 0.3) is 11.8 Å². The van der Waals surface area contributed by atoms with Crippen molar-refractivity contribution in [1.82, 2.24) is 35.2 Å². The minimum atomic E-state index is -0.384. The highest BCUT2D eigenvalue weighted by Crippen LogP contribution is 2.49. The molecule has 2 saturated heterocycles. The zero-order chi connectivity index (χ0) is 37.5. The van der Waals surface area contributed by atoms with E-state index in [0.717, 1.165) is 79.1 Å². The molecule has 0 spiro atoms. The van der Waals surface area contributed by atoms with Gasteiger partial charge in [0.1, 0.15) is 17.2 Å². The van der Waals surface area contributed by atoms with E-state index in [4.69, 9.17) is 26.3 Å². The molecule has 1 atom stereocenters. The van der Waals surface area contributed by atoms with Gasteiger partial charge in [-0.2, -0.15) is 5.10 Å². The number of allylic oxidation sites excluding steroid dienone is 1. The predicted molar refractivity (Wildman–Crippen MR) is 204 cm³/mol. The van der Waals surface area contributed by atoms with E-state index in [2.05, 4.69) is 50.5 Å². The number of hydrogen-bond donors (Lipinski definition) is 5. The normalized spacial score (nSPS) is 20.7. The second-order valence-corrected chi connectivity index (χ2v) is 15.0. The van der Waals surface area contributed by atoms with Crippen LogP contribution < -0.4 is 32.3 Å². The van der Waals surface area contributed by atoms with Gasteiger partial charge in [-0.05, 0) is 50.3 Å². The number of nitrogens with two attached hydrogens (primary N) is 2. The Kier molecular flexibility index (Phi) is 9.75. The molecule has 3 aliphatic heterocycles. The van der Waals surface area contributed by atoms with Gasteiger partial charge in [-0.1, -0.05) is 25.1 Å². The molecule has 1 aromatic carbocycles. The van der Waals surface area contributed by atoms with Crippen LogP contribution in [0.5, 0.6) is 0 Å². The number of pyridine rings is 1. The summed E-state index contributed by atoms with van der Waals surface area (Å²) in [4.78, 5) is 49.8. The van der Waals surface area contributed by atoms with Gasteiger partial charge in [-0.3, -0.25) is 24.0 Å². The Bertz CT molecular complexity index is 2000. The Morgan fingerprint density at radius 2 is 1.76 bits per heavy atom. The number of carbonyl (C=O) groups is 3. The fourth-order valence-corrected chi connectivity index (χ4v) is 7.64. The molecule has 54 heavy (non-hydrogen) atoms. The molecule has 15 nitrogen and oxygen atoms in total. The van der Waals surface area contributed by atoms with Gasteiger partial charge in [0, 0.05) is 68.9 Å². The minimum absolute atomic E-state index is 0.0118. The number of nitrogens with one attached hydrogen (secondary N) is 3. The Morgan fingerprint density at radius 1 is 1.00 bits per heavy atom. The number of carbonyl (C=O) groups excluding carboxylic acids is 3. The third kappa shape index (κ3) is 7.25. The molecule has 0 radical (unpaired) electrons. The van der Waals surface area contributed by atoms with Crippen LogP contribution in [0.1, 0.15) is 73.0 Å². The standard InChI is InChI=1S/C39H49N11O4/c1-3-32-36-28(19-42-50(36)26-21-48(22-26)20-25-6-4-9-30(43-25)39(53)49-14-16-54-17-15-49)27-7-5-8-29(35(27)47(32)2)45-31(34(41)38(52)44-24-12-13-24)18-33(40)46-37(51)23-10-11-23/h4-9,18-19,23-24,26,32,45H,3,10-17,20-22,40-41H2,1-2H3,(H,44,52)(H,46,51)/b33-18+,34-31+/t32-/m1/s1. The van der Waals surface area contributed by atoms with E-state index in [1.807, 2.05) is 30.5 Å². The smallest absolute Gasteiger partial charge is 0.272 e. The molecule has 7 N–H and O–H groups in total. The van der Waals surface area contributed by atoms with Gasteiger partial charge >= 0.3 is 0 Å². The number of morpholine rings is 1. The van der Waals surface area contributed by atoms with Crippen LogP contribution in [-0.2, 0) is 20.9 Å². The molecular weight excluding hydrogens is 687 g/mol. The zero-order valence-corrected chi connectivity index (χ0v) is 30.9. The van der Waals surface area contributed by atoms with E-state index in [9.17, 15) is 14.4 Å². The number of anilines is 2. The van der Waals surface area contributed by atoms with Gasteiger partial charge in [-0.25, -0.2) is 4.98 Å². The summed E-state index contributed by atoms with van der Waals surface area (Å²) in [5, 5.41) is 14.1. The number of fused-ring (bicyclic) bond motifs is 3. The summed E-state index contributed by atoms with van der Waals surface area (Å²) in [5.41, 5.74) is 19.3. The van der Waals surface area contributed by atoms with Gasteiger partial charge < -0.3 is 42.0 Å². The number of aromatic nitrogens is 3. The summed E-state index contributed by atoms with van der Waals surface area (Å²) >= 11 is 0. The largest absolute Gasteiger partial charge is 0.393 e. The third-order valence-corrected chi connectivity index (χ3v) is 10.9. The molecule has 5 aliphatic rings. The van der Waals surface area contributed by atoms with Gasteiger partial charge in [-0.15, -0.1) is 0 Å². The molecule has 2 aliphatic carbocycles. The summed E-state index contributed by atoms with van der Waals surface area (Å²) in [6.45, 7) is 6.73. The predicted octanol–water partition coefficient (Wildman–Crippen LogP) is 2.56. The second kappa shape index (κ2) is 14.8. The Hall–Kier alpha value is -5.41. The van der Waals surface area contributed by atoms with Crippen molar-refractivity contribution in [2.24, 2.45) is 17.4 Å². The average molecular weight is 736 g/mol. The van der Waals surface area contributed by atoms with Crippen molar-refractivity contribution in [3.8, 4) is 11.1 Å². The summed E-state index contributed by atoms with van der Waals surface area (Å²) in [7, 11) is 2.08. The summed E-state index contributed by atoms with van der Waals surface area (Å²) < 4.78 is 7.59. The first-order valence-corrected chi connectivity index (χ1v) is 19.0. The number of rotatable bonds is 12. The number of likely N-dealkylation sites (tertiary alicyclic amines) is 1. The molecule has 3 aromatic rings. The van der Waals surface area contributed by atoms with Crippen LogP contribution in [0.3, 0.4) is 0 Å². The maximum atomic E-state index is 13.2. The molecule has 3 amide bonds. The van der Waals surface area contributed by atoms with Crippen LogP contribution in [0, 0.1) is 5.92 Å². The second-order valence-electron chi connectivity index (χ2n) is 15.0. The molecule has 2 aromatic heterocycles. The fourth-order valence-electron chi connectivity index (χ4n) is 7.64. The van der Waals surface area contributed by atoms with Crippen molar-refractivity contribution >= 4 is 29.1 Å². The first-order chi connectivity index (χ1) is 26.2. The molecule has 15 heteroatoms. The van der Waals surface area contributed by atoms with Crippen LogP contribution in [0.2, 0.25) is 0 Å². The minimum Gasteiger partial charge on any atom is -0.393 e. The highest BCUT2D eigenvalue weighted by Gasteiger charge is 2.38. The van der Waals surface area contributed by atoms with Gasteiger partial charge in [0.05, 0.1) is 60.0 Å². The first-order valence-electron chi connectivity index (χ1n) is 19.0. The average Bonchev–Trinajstić information content (AvgIpc) is 4.11. The number of para-hydroxylation sites is 1. The number of benzene rings is 1. The maximum Gasteiger partial charge on any atom is 0.272 e. The van der Waals surface area contributed by atoms with Gasteiger partial charge in [0.2, 0.25) is 5.91 Å². The lowest BCUT2D eigenvalue weighted by molar-refractivity contribution is -0.121. The molecule has 0 unspecified atom stereocenters. The molecule has 4 fully saturated rings. The highest BCUT2D eigenvalue weighted by atomic mass is 16.5. The molecule has 0 bridgehead atoms. The van der Waals surface area contributed by atoms with Crippen LogP contribution >= 0.6 is 0 Å². The van der Waals surface area contributed by atoms with Crippen LogP contribution in [0.25, 0.3) is 11.1 Å². The highest BCUT2D eigenvalue weighted by molar-refractivity contribution is 5.97. The van der Waals surface area contributed by atoms with Crippen LogP contribution in [0.15, 0.2) is 65.9 Å². The lowest BCUT2D eigenvalue weighted by Gasteiger charge is -2.43. The Labute approximate surface area is 314 Å². The van der Waals surface area contributed by atoms with Crippen molar-refractivity contribution in [2.45, 2.75) is 63.7 Å². The molecular formula is C39H49N11O4. The summed E-state index contributed by atoms with van der Waals surface area (Å²) in [6, 6.07) is 12.0. The summed E-state index contributed by atoms with van der Waals surface area (Å²) in [5.74, 6) is -0.480. The quantitative estimate of drug-likeness (QED) is 0.136. The van der Waals surface area contributed by atoms with E-state index in [0.29, 0.717) is 44.2 Å².